The third kappa shape index (κ3) is 4.91. The van der Waals surface area contributed by atoms with Gasteiger partial charge >= 0.3 is 0 Å². The van der Waals surface area contributed by atoms with Gasteiger partial charge in [-0.1, -0.05) is 97.1 Å². The average molecular weight is 765 g/mol. The summed E-state index contributed by atoms with van der Waals surface area (Å²) in [4.78, 5) is 9.16. The van der Waals surface area contributed by atoms with E-state index in [4.69, 9.17) is 0 Å². The van der Waals surface area contributed by atoms with Crippen LogP contribution in [0.4, 0.5) is 0 Å². The zero-order chi connectivity index (χ0) is 39.3. The van der Waals surface area contributed by atoms with Gasteiger partial charge in [-0.2, -0.15) is 0 Å². The van der Waals surface area contributed by atoms with Gasteiger partial charge in [0, 0.05) is 33.9 Å². The maximum absolute atomic E-state index is 4.58. The Balaban J connectivity index is 1.05. The number of fused-ring (bicyclic) bond motifs is 11. The number of aromatic nitrogens is 4. The van der Waals surface area contributed by atoms with Crippen molar-refractivity contribution in [1.29, 1.82) is 0 Å². The van der Waals surface area contributed by atoms with Gasteiger partial charge in [0.25, 0.3) is 0 Å². The highest BCUT2D eigenvalue weighted by Crippen LogP contribution is 2.45. The van der Waals surface area contributed by atoms with Gasteiger partial charge in [-0.05, 0) is 152 Å². The number of hydrogen-bond acceptors (Lipinski definition) is 2. The molecule has 1 aliphatic carbocycles. The van der Waals surface area contributed by atoms with E-state index in [-0.39, 0.29) is 0 Å². The van der Waals surface area contributed by atoms with Crippen LogP contribution in [-0.4, -0.2) is 19.1 Å². The second-order valence-corrected chi connectivity index (χ2v) is 16.2. The third-order valence-corrected chi connectivity index (χ3v) is 12.9. The van der Waals surface area contributed by atoms with Crippen LogP contribution >= 0.6 is 0 Å². The summed E-state index contributed by atoms with van der Waals surface area (Å²) in [5, 5.41) is 10.1. The minimum absolute atomic E-state index is 0.981. The van der Waals surface area contributed by atoms with Crippen LogP contribution in [0.3, 0.4) is 0 Å². The first kappa shape index (κ1) is 33.2. The summed E-state index contributed by atoms with van der Waals surface area (Å²) in [6.07, 6.45) is 9.63. The van der Waals surface area contributed by atoms with Crippen molar-refractivity contribution >= 4 is 65.2 Å². The number of aryl methyl sites for hydroxylation is 2. The van der Waals surface area contributed by atoms with E-state index in [0.29, 0.717) is 0 Å². The summed E-state index contributed by atoms with van der Waals surface area (Å²) >= 11 is 0. The number of hydrogen-bond donors (Lipinski definition) is 0. The highest BCUT2D eigenvalue weighted by molar-refractivity contribution is 6.15. The van der Waals surface area contributed by atoms with Crippen molar-refractivity contribution in [3.05, 3.63) is 206 Å². The highest BCUT2D eigenvalue weighted by atomic mass is 15.0. The molecule has 0 spiro atoms. The van der Waals surface area contributed by atoms with E-state index in [1.807, 2.05) is 36.9 Å². The van der Waals surface area contributed by atoms with Crippen LogP contribution in [-0.2, 0) is 12.8 Å². The molecule has 4 nitrogen and oxygen atoms in total. The molecule has 4 aromatic heterocycles. The summed E-state index contributed by atoms with van der Waals surface area (Å²) in [5.74, 6) is 0. The Hall–Kier alpha value is -7.82. The predicted octanol–water partition coefficient (Wildman–Crippen LogP) is 14.1. The van der Waals surface area contributed by atoms with Crippen molar-refractivity contribution in [3.8, 4) is 44.8 Å². The molecule has 13 rings (SSSR count). The highest BCUT2D eigenvalue weighted by Gasteiger charge is 2.24. The summed E-state index contributed by atoms with van der Waals surface area (Å²) in [7, 11) is 0. The molecule has 0 radical (unpaired) electrons. The third-order valence-electron chi connectivity index (χ3n) is 12.9. The van der Waals surface area contributed by atoms with Gasteiger partial charge < -0.3 is 9.13 Å². The quantitative estimate of drug-likeness (QED) is 0.179. The normalized spacial score (nSPS) is 12.5. The molecule has 0 fully saturated rings. The molecule has 280 valence electrons. The zero-order valence-electron chi connectivity index (χ0n) is 32.7. The standard InChI is InChI=1S/C56H36N4/c1-3-15-43-35(9-1)11-5-17-45(43)37-21-23-53-49(27-37)51-29-39-19-20-40-30-52-50-28-38(46-18-6-12-36-10-2-4-16-44(36)46)22-24-54(50)60(42-14-8-26-58-34-42)56(52)32-48(40)47(39)31-55(51)59(53)41-13-7-25-57-33-41/h1-18,21-34H,19-20H2. The first-order chi connectivity index (χ1) is 29.7. The van der Waals surface area contributed by atoms with Gasteiger partial charge in [0.1, 0.15) is 0 Å². The van der Waals surface area contributed by atoms with Crippen molar-refractivity contribution in [2.45, 2.75) is 12.8 Å². The molecular weight excluding hydrogens is 729 g/mol. The number of pyridine rings is 2. The Kier molecular flexibility index (Phi) is 7.10. The molecule has 8 aromatic carbocycles. The van der Waals surface area contributed by atoms with E-state index < -0.39 is 0 Å². The van der Waals surface area contributed by atoms with Gasteiger partial charge in [0.15, 0.2) is 0 Å². The van der Waals surface area contributed by atoms with Gasteiger partial charge in [-0.15, -0.1) is 0 Å². The smallest absolute Gasteiger partial charge is 0.0645 e. The fourth-order valence-electron chi connectivity index (χ4n) is 10.2. The second kappa shape index (κ2) is 12.8. The molecule has 0 amide bonds. The largest absolute Gasteiger partial charge is 0.308 e. The van der Waals surface area contributed by atoms with Gasteiger partial charge in [-0.25, -0.2) is 0 Å². The Bertz CT molecular complexity index is 3450. The van der Waals surface area contributed by atoms with Crippen LogP contribution in [0, 0.1) is 0 Å². The van der Waals surface area contributed by atoms with E-state index in [2.05, 4.69) is 177 Å². The van der Waals surface area contributed by atoms with E-state index in [1.165, 1.54) is 110 Å². The molecule has 0 bridgehead atoms. The molecule has 0 saturated heterocycles. The van der Waals surface area contributed by atoms with Crippen LogP contribution in [0.25, 0.3) is 110 Å². The summed E-state index contributed by atoms with van der Waals surface area (Å²) in [6.45, 7) is 0. The van der Waals surface area contributed by atoms with Gasteiger partial charge in [0.2, 0.25) is 0 Å². The van der Waals surface area contributed by atoms with Gasteiger partial charge in [-0.3, -0.25) is 9.97 Å². The molecule has 4 heteroatoms. The number of rotatable bonds is 4. The van der Waals surface area contributed by atoms with E-state index >= 15 is 0 Å². The Labute approximate surface area is 346 Å². The molecular formula is C56H36N4. The zero-order valence-corrected chi connectivity index (χ0v) is 32.7. The van der Waals surface area contributed by atoms with Crippen molar-refractivity contribution < 1.29 is 0 Å². The van der Waals surface area contributed by atoms with Crippen LogP contribution in [0.1, 0.15) is 11.1 Å². The SMILES string of the molecule is c1cncc(-n2c3ccc(-c4cccc5ccccc45)cc3c3cc4c(cc32)-c2cc3c(cc2CC4)c2cc(-c4cccc5ccccc45)ccc2n3-c2cccnc2)c1. The average Bonchev–Trinajstić information content (AvgIpc) is 3.81. The first-order valence-electron chi connectivity index (χ1n) is 20.7. The molecule has 0 saturated carbocycles. The van der Waals surface area contributed by atoms with Crippen molar-refractivity contribution in [2.24, 2.45) is 0 Å². The topological polar surface area (TPSA) is 35.6 Å². The van der Waals surface area contributed by atoms with Gasteiger partial charge in [0.05, 0.1) is 45.8 Å². The lowest BCUT2D eigenvalue weighted by atomic mass is 9.84. The maximum Gasteiger partial charge on any atom is 0.0645 e. The Morgan fingerprint density at radius 2 is 0.783 bits per heavy atom. The maximum atomic E-state index is 4.58. The van der Waals surface area contributed by atoms with Crippen LogP contribution < -0.4 is 0 Å². The Morgan fingerprint density at radius 1 is 0.333 bits per heavy atom. The lowest BCUT2D eigenvalue weighted by Gasteiger charge is -2.21. The van der Waals surface area contributed by atoms with Crippen LogP contribution in [0.2, 0.25) is 0 Å². The fraction of sp³-hybridized carbons (Fsp3) is 0.0357. The molecule has 4 heterocycles. The Morgan fingerprint density at radius 3 is 1.25 bits per heavy atom. The van der Waals surface area contributed by atoms with Crippen molar-refractivity contribution in [2.75, 3.05) is 0 Å². The summed E-state index contributed by atoms with van der Waals surface area (Å²) < 4.78 is 4.80. The van der Waals surface area contributed by atoms with Crippen molar-refractivity contribution in [1.82, 2.24) is 19.1 Å². The molecule has 0 atom stereocenters. The van der Waals surface area contributed by atoms with Crippen molar-refractivity contribution in [3.63, 3.8) is 0 Å². The predicted molar refractivity (Wildman–Crippen MR) is 249 cm³/mol. The molecule has 1 aliphatic rings. The number of benzene rings is 8. The minimum atomic E-state index is 0.981. The van der Waals surface area contributed by atoms with E-state index in [9.17, 15) is 0 Å². The summed E-state index contributed by atoms with van der Waals surface area (Å²) in [6, 6.07) is 62.8. The lowest BCUT2D eigenvalue weighted by Crippen LogP contribution is -2.05. The molecule has 0 aliphatic heterocycles. The molecule has 12 aromatic rings. The van der Waals surface area contributed by atoms with E-state index in [1.54, 1.807) is 0 Å². The van der Waals surface area contributed by atoms with Crippen LogP contribution in [0.5, 0.6) is 0 Å². The van der Waals surface area contributed by atoms with Crippen LogP contribution in [0.15, 0.2) is 195 Å². The molecule has 0 unspecified atom stereocenters. The minimum Gasteiger partial charge on any atom is -0.308 e. The first-order valence-corrected chi connectivity index (χ1v) is 20.7. The summed E-state index contributed by atoms with van der Waals surface area (Å²) in [5.41, 5.74) is 17.2. The fourth-order valence-corrected chi connectivity index (χ4v) is 10.2. The second-order valence-electron chi connectivity index (χ2n) is 16.2. The van der Waals surface area contributed by atoms with E-state index in [0.717, 1.165) is 24.2 Å². The monoisotopic (exact) mass is 764 g/mol. The molecule has 60 heavy (non-hydrogen) atoms. The number of nitrogens with zero attached hydrogens (tertiary/aromatic N) is 4. The lowest BCUT2D eigenvalue weighted by molar-refractivity contribution is 0.946. The molecule has 0 N–H and O–H groups in total.